The van der Waals surface area contributed by atoms with Gasteiger partial charge in [-0.25, -0.2) is 8.42 Å². The molecule has 0 aliphatic carbocycles. The van der Waals surface area contributed by atoms with Crippen molar-refractivity contribution in [1.82, 2.24) is 0 Å². The van der Waals surface area contributed by atoms with Gasteiger partial charge in [-0.2, -0.15) is 0 Å². The monoisotopic (exact) mass is 530 g/mol. The minimum absolute atomic E-state index is 0.0497. The Labute approximate surface area is 203 Å². The summed E-state index contributed by atoms with van der Waals surface area (Å²) in [4.78, 5) is 13.1. The number of rotatable bonds is 8. The molecule has 0 heterocycles. The third-order valence-electron chi connectivity index (χ3n) is 5.32. The topological polar surface area (TPSA) is 75.7 Å². The van der Waals surface area contributed by atoms with Crippen LogP contribution in [0.15, 0.2) is 70.0 Å². The lowest BCUT2D eigenvalue weighted by molar-refractivity contribution is -0.114. The van der Waals surface area contributed by atoms with Gasteiger partial charge in [-0.3, -0.25) is 9.10 Å². The van der Waals surface area contributed by atoms with Gasteiger partial charge in [0.05, 0.1) is 22.2 Å². The Morgan fingerprint density at radius 2 is 1.76 bits per heavy atom. The van der Waals surface area contributed by atoms with Gasteiger partial charge in [-0.15, -0.1) is 0 Å². The fraction of sp³-hybridized carbons (Fsp3) is 0.240. The highest BCUT2D eigenvalue weighted by Crippen LogP contribution is 2.31. The number of amides is 1. The zero-order valence-electron chi connectivity index (χ0n) is 19.1. The highest BCUT2D eigenvalue weighted by molar-refractivity contribution is 9.10. The Morgan fingerprint density at radius 3 is 2.36 bits per heavy atom. The number of carbonyl (C=O) groups is 1. The normalized spacial score (nSPS) is 11.2. The van der Waals surface area contributed by atoms with Crippen LogP contribution in [0.1, 0.15) is 23.6 Å². The van der Waals surface area contributed by atoms with E-state index in [1.54, 1.807) is 18.2 Å². The zero-order chi connectivity index (χ0) is 24.2. The minimum Gasteiger partial charge on any atom is -0.496 e. The molecule has 1 amide bonds. The molecule has 0 aliphatic rings. The lowest BCUT2D eigenvalue weighted by Gasteiger charge is -2.25. The average Bonchev–Trinajstić information content (AvgIpc) is 2.79. The lowest BCUT2D eigenvalue weighted by Crippen LogP contribution is -2.38. The number of hydrogen-bond acceptors (Lipinski definition) is 4. The molecular formula is C25H27BrN2O4S. The number of nitrogens with one attached hydrogen (secondary N) is 1. The summed E-state index contributed by atoms with van der Waals surface area (Å²) in [7, 11) is -2.53. The molecule has 0 saturated carbocycles. The molecule has 0 aromatic heterocycles. The van der Waals surface area contributed by atoms with Crippen LogP contribution in [0.4, 0.5) is 11.4 Å². The number of anilines is 2. The maximum atomic E-state index is 13.6. The number of para-hydroxylation sites is 1. The first-order chi connectivity index (χ1) is 15.7. The van der Waals surface area contributed by atoms with Gasteiger partial charge in [0.15, 0.2) is 0 Å². The standard InChI is InChI=1S/C25H27BrN2O4S/c1-5-19-8-6-7-18(3)25(19)27-24(29)16-28(20-11-9-17(2)10-12-20)33(30,31)21-13-14-23(32-4)22(26)15-21/h6-15H,5,16H2,1-4H3,(H,27,29). The first-order valence-electron chi connectivity index (χ1n) is 10.5. The van der Waals surface area contributed by atoms with Crippen LogP contribution in [0.5, 0.6) is 5.75 Å². The van der Waals surface area contributed by atoms with Crippen molar-refractivity contribution in [3.05, 3.63) is 81.8 Å². The summed E-state index contributed by atoms with van der Waals surface area (Å²) in [6, 6.07) is 17.3. The van der Waals surface area contributed by atoms with Gasteiger partial charge >= 0.3 is 0 Å². The highest BCUT2D eigenvalue weighted by atomic mass is 79.9. The second kappa shape index (κ2) is 10.4. The van der Waals surface area contributed by atoms with Crippen LogP contribution in [0, 0.1) is 13.8 Å². The molecule has 174 valence electrons. The molecule has 0 saturated heterocycles. The third kappa shape index (κ3) is 5.57. The summed E-state index contributed by atoms with van der Waals surface area (Å²) in [5.74, 6) is 0.0935. The number of carbonyl (C=O) groups excluding carboxylic acids is 1. The Kier molecular flexibility index (Phi) is 7.81. The molecule has 0 radical (unpaired) electrons. The molecule has 0 aliphatic heterocycles. The number of halogens is 1. The second-order valence-electron chi connectivity index (χ2n) is 7.65. The van der Waals surface area contributed by atoms with Crippen molar-refractivity contribution in [2.45, 2.75) is 32.1 Å². The largest absolute Gasteiger partial charge is 0.496 e. The summed E-state index contributed by atoms with van der Waals surface area (Å²) >= 11 is 3.35. The number of benzene rings is 3. The molecule has 0 atom stereocenters. The molecule has 0 bridgehead atoms. The van der Waals surface area contributed by atoms with Gasteiger partial charge in [0.1, 0.15) is 12.3 Å². The van der Waals surface area contributed by atoms with Gasteiger partial charge < -0.3 is 10.1 Å². The van der Waals surface area contributed by atoms with Gasteiger partial charge in [0.2, 0.25) is 5.91 Å². The predicted octanol–water partition coefficient (Wildman–Crippen LogP) is 5.47. The van der Waals surface area contributed by atoms with Crippen molar-refractivity contribution in [2.24, 2.45) is 0 Å². The number of hydrogen-bond donors (Lipinski definition) is 1. The Morgan fingerprint density at radius 1 is 1.06 bits per heavy atom. The highest BCUT2D eigenvalue weighted by Gasteiger charge is 2.28. The van der Waals surface area contributed by atoms with Crippen LogP contribution in [0.3, 0.4) is 0 Å². The van der Waals surface area contributed by atoms with Crippen LogP contribution in [-0.4, -0.2) is 28.0 Å². The SMILES string of the molecule is CCc1cccc(C)c1NC(=O)CN(c1ccc(C)cc1)S(=O)(=O)c1ccc(OC)c(Br)c1. The summed E-state index contributed by atoms with van der Waals surface area (Å²) in [6.07, 6.45) is 0.747. The van der Waals surface area contributed by atoms with Crippen molar-refractivity contribution >= 4 is 43.2 Å². The zero-order valence-corrected chi connectivity index (χ0v) is 21.5. The van der Waals surface area contributed by atoms with Crippen LogP contribution in [0.2, 0.25) is 0 Å². The van der Waals surface area contributed by atoms with Gasteiger partial charge in [-0.1, -0.05) is 42.8 Å². The first-order valence-corrected chi connectivity index (χ1v) is 12.7. The van der Waals surface area contributed by atoms with E-state index in [1.165, 1.54) is 19.2 Å². The molecule has 3 rings (SSSR count). The quantitative estimate of drug-likeness (QED) is 0.418. The maximum absolute atomic E-state index is 13.6. The predicted molar refractivity (Wildman–Crippen MR) is 136 cm³/mol. The maximum Gasteiger partial charge on any atom is 0.264 e. The van der Waals surface area contributed by atoms with E-state index in [2.05, 4.69) is 21.2 Å². The third-order valence-corrected chi connectivity index (χ3v) is 7.71. The van der Waals surface area contributed by atoms with E-state index in [1.807, 2.05) is 51.1 Å². The van der Waals surface area contributed by atoms with Crippen LogP contribution < -0.4 is 14.4 Å². The van der Waals surface area contributed by atoms with Gasteiger partial charge in [0, 0.05) is 5.69 Å². The van der Waals surface area contributed by atoms with Crippen LogP contribution in [0.25, 0.3) is 0 Å². The number of nitrogens with zero attached hydrogens (tertiary/aromatic N) is 1. The van der Waals surface area contributed by atoms with Crippen LogP contribution >= 0.6 is 15.9 Å². The van der Waals surface area contributed by atoms with E-state index in [0.717, 1.165) is 33.1 Å². The average molecular weight is 531 g/mol. The van der Waals surface area contributed by atoms with Gasteiger partial charge in [-0.05, 0) is 77.7 Å². The number of ether oxygens (including phenoxy) is 1. The fourth-order valence-electron chi connectivity index (χ4n) is 3.47. The van der Waals surface area contributed by atoms with E-state index in [-0.39, 0.29) is 11.4 Å². The molecule has 33 heavy (non-hydrogen) atoms. The molecule has 1 N–H and O–H groups in total. The van der Waals surface area contributed by atoms with Crippen molar-refractivity contribution in [3.63, 3.8) is 0 Å². The molecule has 8 heteroatoms. The summed E-state index contributed by atoms with van der Waals surface area (Å²) in [6.45, 7) is 5.47. The molecule has 0 unspecified atom stereocenters. The molecule has 3 aromatic rings. The molecule has 0 spiro atoms. The molecular weight excluding hydrogens is 504 g/mol. The Bertz CT molecular complexity index is 1260. The van der Waals surface area contributed by atoms with E-state index in [0.29, 0.717) is 15.9 Å². The van der Waals surface area contributed by atoms with E-state index < -0.39 is 15.9 Å². The summed E-state index contributed by atoms with van der Waals surface area (Å²) in [5.41, 5.74) is 4.03. The first kappa shape index (κ1) is 24.8. The van der Waals surface area contributed by atoms with Crippen molar-refractivity contribution in [2.75, 3.05) is 23.3 Å². The molecule has 3 aromatic carbocycles. The second-order valence-corrected chi connectivity index (χ2v) is 10.4. The molecule has 0 fully saturated rings. The Hall–Kier alpha value is -2.84. The fourth-order valence-corrected chi connectivity index (χ4v) is 5.61. The van der Waals surface area contributed by atoms with E-state index in [9.17, 15) is 13.2 Å². The van der Waals surface area contributed by atoms with Gasteiger partial charge in [0.25, 0.3) is 10.0 Å². The summed E-state index contributed by atoms with van der Waals surface area (Å²) in [5, 5.41) is 2.92. The number of sulfonamides is 1. The minimum atomic E-state index is -4.04. The van der Waals surface area contributed by atoms with E-state index in [4.69, 9.17) is 4.74 Å². The van der Waals surface area contributed by atoms with Crippen molar-refractivity contribution in [3.8, 4) is 5.75 Å². The van der Waals surface area contributed by atoms with Crippen molar-refractivity contribution in [1.29, 1.82) is 0 Å². The smallest absolute Gasteiger partial charge is 0.264 e. The number of aryl methyl sites for hydroxylation is 3. The van der Waals surface area contributed by atoms with Crippen LogP contribution in [-0.2, 0) is 21.2 Å². The molecule has 6 nitrogen and oxygen atoms in total. The number of methoxy groups -OCH3 is 1. The summed E-state index contributed by atoms with van der Waals surface area (Å²) < 4.78 is 34.1. The van der Waals surface area contributed by atoms with Crippen molar-refractivity contribution < 1.29 is 17.9 Å². The Balaban J connectivity index is 2.00. The lowest BCUT2D eigenvalue weighted by atomic mass is 10.1. The van der Waals surface area contributed by atoms with E-state index >= 15 is 0 Å².